The van der Waals surface area contributed by atoms with E-state index in [0.717, 1.165) is 11.2 Å². The summed E-state index contributed by atoms with van der Waals surface area (Å²) in [6.07, 6.45) is 0. The second-order valence-corrected chi connectivity index (χ2v) is 4.32. The molecule has 0 aliphatic rings. The predicted octanol–water partition coefficient (Wildman–Crippen LogP) is 3.16. The molecule has 0 amide bonds. The molecule has 0 aliphatic heterocycles. The molecule has 2 N–H and O–H groups in total. The molecule has 1 heterocycles. The van der Waals surface area contributed by atoms with Gasteiger partial charge in [0.2, 0.25) is 0 Å². The van der Waals surface area contributed by atoms with Crippen LogP contribution in [-0.2, 0) is 6.54 Å². The van der Waals surface area contributed by atoms with Gasteiger partial charge >= 0.3 is 0 Å². The van der Waals surface area contributed by atoms with Crippen LogP contribution in [0.1, 0.15) is 11.3 Å². The molecule has 2 aromatic carbocycles. The smallest absolute Gasteiger partial charge is 0.0786 e. The first-order valence-corrected chi connectivity index (χ1v) is 5.77. The van der Waals surface area contributed by atoms with Crippen LogP contribution < -0.4 is 5.73 Å². The summed E-state index contributed by atoms with van der Waals surface area (Å²) in [7, 11) is 0. The van der Waals surface area contributed by atoms with Crippen LogP contribution in [0.4, 0.5) is 0 Å². The second-order valence-electron chi connectivity index (χ2n) is 4.32. The number of pyridine rings is 1. The highest BCUT2D eigenvalue weighted by Gasteiger charge is 2.05. The molecule has 17 heavy (non-hydrogen) atoms. The highest BCUT2D eigenvalue weighted by Crippen LogP contribution is 2.26. The van der Waals surface area contributed by atoms with E-state index in [0.29, 0.717) is 6.54 Å². The normalized spacial score (nSPS) is 11.2. The van der Waals surface area contributed by atoms with Gasteiger partial charge in [-0.2, -0.15) is 0 Å². The average molecular weight is 222 g/mol. The fraction of sp³-hybridized carbons (Fsp3) is 0.133. The molecule has 0 saturated heterocycles. The minimum atomic E-state index is 0.486. The van der Waals surface area contributed by atoms with Gasteiger partial charge in [-0.25, -0.2) is 0 Å². The highest BCUT2D eigenvalue weighted by molar-refractivity contribution is 6.06. The molecule has 1 aromatic heterocycles. The number of nitrogens with zero attached hydrogens (tertiary/aromatic N) is 1. The van der Waals surface area contributed by atoms with E-state index in [1.807, 2.05) is 12.1 Å². The number of aromatic nitrogens is 1. The monoisotopic (exact) mass is 222 g/mol. The third-order valence-electron chi connectivity index (χ3n) is 3.17. The van der Waals surface area contributed by atoms with Crippen LogP contribution in [-0.4, -0.2) is 4.98 Å². The van der Waals surface area contributed by atoms with Crippen LogP contribution in [0.5, 0.6) is 0 Å². The van der Waals surface area contributed by atoms with Gasteiger partial charge in [0.15, 0.2) is 0 Å². The van der Waals surface area contributed by atoms with Crippen molar-refractivity contribution in [3.05, 3.63) is 53.7 Å². The van der Waals surface area contributed by atoms with Crippen molar-refractivity contribution in [2.24, 2.45) is 5.73 Å². The minimum Gasteiger partial charge on any atom is -0.325 e. The molecule has 0 spiro atoms. The van der Waals surface area contributed by atoms with E-state index in [9.17, 15) is 0 Å². The molecule has 3 rings (SSSR count). The fourth-order valence-electron chi connectivity index (χ4n) is 2.30. The van der Waals surface area contributed by atoms with E-state index in [1.165, 1.54) is 21.7 Å². The van der Waals surface area contributed by atoms with E-state index in [-0.39, 0.29) is 0 Å². The van der Waals surface area contributed by atoms with Gasteiger partial charge in [-0.3, -0.25) is 4.98 Å². The molecular formula is C15H14N2. The summed E-state index contributed by atoms with van der Waals surface area (Å²) in [5, 5.41) is 3.63. The van der Waals surface area contributed by atoms with Crippen LogP contribution in [0, 0.1) is 6.92 Å². The van der Waals surface area contributed by atoms with Crippen LogP contribution in [0.25, 0.3) is 21.7 Å². The summed E-state index contributed by atoms with van der Waals surface area (Å²) in [5.41, 5.74) is 8.94. The number of nitrogens with two attached hydrogens (primary N) is 1. The molecule has 0 saturated carbocycles. The Bertz CT molecular complexity index is 702. The number of benzene rings is 2. The average Bonchev–Trinajstić information content (AvgIpc) is 2.38. The van der Waals surface area contributed by atoms with E-state index in [4.69, 9.17) is 5.73 Å². The van der Waals surface area contributed by atoms with Crippen molar-refractivity contribution in [1.82, 2.24) is 4.98 Å². The number of fused-ring (bicyclic) bond motifs is 3. The molecule has 0 radical (unpaired) electrons. The van der Waals surface area contributed by atoms with Gasteiger partial charge in [0.1, 0.15) is 0 Å². The lowest BCUT2D eigenvalue weighted by atomic mass is 10.0. The van der Waals surface area contributed by atoms with Crippen molar-refractivity contribution in [3.63, 3.8) is 0 Å². The molecule has 0 atom stereocenters. The van der Waals surface area contributed by atoms with Crippen molar-refractivity contribution >= 4 is 21.7 Å². The zero-order valence-corrected chi connectivity index (χ0v) is 9.77. The molecule has 84 valence electrons. The molecule has 0 unspecified atom stereocenters. The lowest BCUT2D eigenvalue weighted by Gasteiger charge is -2.07. The minimum absolute atomic E-state index is 0.486. The summed E-state index contributed by atoms with van der Waals surface area (Å²) in [4.78, 5) is 4.66. The van der Waals surface area contributed by atoms with Gasteiger partial charge in [-0.1, -0.05) is 36.4 Å². The zero-order chi connectivity index (χ0) is 11.8. The predicted molar refractivity (Wildman–Crippen MR) is 71.9 cm³/mol. The number of hydrogen-bond donors (Lipinski definition) is 1. The summed E-state index contributed by atoms with van der Waals surface area (Å²) < 4.78 is 0. The van der Waals surface area contributed by atoms with E-state index in [1.54, 1.807) is 0 Å². The first-order valence-electron chi connectivity index (χ1n) is 5.77. The van der Waals surface area contributed by atoms with Crippen LogP contribution in [0.2, 0.25) is 0 Å². The topological polar surface area (TPSA) is 38.9 Å². The van der Waals surface area contributed by atoms with Crippen LogP contribution in [0.3, 0.4) is 0 Å². The number of hydrogen-bond acceptors (Lipinski definition) is 2. The van der Waals surface area contributed by atoms with Crippen molar-refractivity contribution in [1.29, 1.82) is 0 Å². The Hall–Kier alpha value is -1.93. The molecule has 0 bridgehead atoms. The van der Waals surface area contributed by atoms with Gasteiger partial charge in [0.25, 0.3) is 0 Å². The molecule has 2 heteroatoms. The van der Waals surface area contributed by atoms with Crippen LogP contribution >= 0.6 is 0 Å². The molecular weight excluding hydrogens is 208 g/mol. The molecule has 0 fully saturated rings. The zero-order valence-electron chi connectivity index (χ0n) is 9.77. The van der Waals surface area contributed by atoms with Gasteiger partial charge in [-0.15, -0.1) is 0 Å². The fourth-order valence-corrected chi connectivity index (χ4v) is 2.30. The van der Waals surface area contributed by atoms with Gasteiger partial charge in [-0.05, 0) is 23.9 Å². The maximum Gasteiger partial charge on any atom is 0.0786 e. The lowest BCUT2D eigenvalue weighted by molar-refractivity contribution is 1.00. The molecule has 2 nitrogen and oxygen atoms in total. The number of aryl methyl sites for hydroxylation is 1. The first kappa shape index (κ1) is 10.2. The standard InChI is InChI=1S/C15H14N2/c1-10-8-12(9-16)17-15-13(10)7-6-11-4-2-3-5-14(11)15/h2-8H,9,16H2,1H3. The largest absolute Gasteiger partial charge is 0.325 e. The van der Waals surface area contributed by atoms with Crippen molar-refractivity contribution in [2.45, 2.75) is 13.5 Å². The van der Waals surface area contributed by atoms with Crippen molar-refractivity contribution in [3.8, 4) is 0 Å². The number of rotatable bonds is 1. The maximum absolute atomic E-state index is 5.69. The summed E-state index contributed by atoms with van der Waals surface area (Å²) in [6, 6.07) is 14.7. The van der Waals surface area contributed by atoms with Crippen molar-refractivity contribution < 1.29 is 0 Å². The van der Waals surface area contributed by atoms with E-state index < -0.39 is 0 Å². The SMILES string of the molecule is Cc1cc(CN)nc2c1ccc1ccccc12. The van der Waals surface area contributed by atoms with Crippen molar-refractivity contribution in [2.75, 3.05) is 0 Å². The molecule has 3 aromatic rings. The van der Waals surface area contributed by atoms with Gasteiger partial charge < -0.3 is 5.73 Å². The van der Waals surface area contributed by atoms with Crippen LogP contribution in [0.15, 0.2) is 42.5 Å². The Morgan fingerprint density at radius 3 is 2.71 bits per heavy atom. The second kappa shape index (κ2) is 3.82. The Kier molecular flexibility index (Phi) is 2.30. The Balaban J connectivity index is 2.51. The summed E-state index contributed by atoms with van der Waals surface area (Å²) in [6.45, 7) is 2.60. The Labute approximate surface area is 100 Å². The quantitative estimate of drug-likeness (QED) is 0.642. The highest BCUT2D eigenvalue weighted by atomic mass is 14.7. The third-order valence-corrected chi connectivity index (χ3v) is 3.17. The summed E-state index contributed by atoms with van der Waals surface area (Å²) in [5.74, 6) is 0. The van der Waals surface area contributed by atoms with E-state index >= 15 is 0 Å². The molecule has 0 aliphatic carbocycles. The lowest BCUT2D eigenvalue weighted by Crippen LogP contribution is -2.00. The first-order chi connectivity index (χ1) is 8.29. The van der Waals surface area contributed by atoms with Gasteiger partial charge in [0, 0.05) is 17.3 Å². The third kappa shape index (κ3) is 1.58. The van der Waals surface area contributed by atoms with Gasteiger partial charge in [0.05, 0.1) is 11.2 Å². The van der Waals surface area contributed by atoms with E-state index in [2.05, 4.69) is 42.2 Å². The maximum atomic E-state index is 5.69. The Morgan fingerprint density at radius 2 is 1.88 bits per heavy atom. The Morgan fingerprint density at radius 1 is 1.06 bits per heavy atom. The summed E-state index contributed by atoms with van der Waals surface area (Å²) >= 11 is 0.